The van der Waals surface area contributed by atoms with Gasteiger partial charge in [0.15, 0.2) is 0 Å². The quantitative estimate of drug-likeness (QED) is 0.156. The van der Waals surface area contributed by atoms with Crippen molar-refractivity contribution in [2.75, 3.05) is 0 Å². The summed E-state index contributed by atoms with van der Waals surface area (Å²) in [6, 6.07) is 0. The van der Waals surface area contributed by atoms with E-state index < -0.39 is 0 Å². The molecular weight excluding hydrogens is 267 g/mol. The van der Waals surface area contributed by atoms with Crippen LogP contribution in [0.1, 0.15) is 0 Å². The first-order valence-electron chi connectivity index (χ1n) is 2.64. The molecule has 0 spiro atoms. The van der Waals surface area contributed by atoms with Gasteiger partial charge in [0.1, 0.15) is 0 Å². The van der Waals surface area contributed by atoms with Gasteiger partial charge in [0.25, 0.3) is 0 Å². The van der Waals surface area contributed by atoms with Crippen molar-refractivity contribution in [1.82, 2.24) is 0 Å². The zero-order valence-corrected chi connectivity index (χ0v) is 7.99. The average molecular weight is 270 g/mol. The highest BCUT2D eigenvalue weighted by Gasteiger charge is 1.97. The van der Waals surface area contributed by atoms with Crippen molar-refractivity contribution in [3.63, 3.8) is 0 Å². The fraction of sp³-hybridized carbons (Fsp3) is 0. The number of rotatable bonds is 13. The number of hydrogen-bond donors (Lipinski definition) is 1. The molecule has 0 radical (unpaired) electrons. The molecule has 16 heavy (non-hydrogen) atoms. The molecule has 0 saturated heterocycles. The maximum Gasteiger partial charge on any atom is 0.0604 e. The second kappa shape index (κ2) is 14.3. The lowest BCUT2D eigenvalue weighted by atomic mass is 13.1. The summed E-state index contributed by atoms with van der Waals surface area (Å²) in [7, 11) is 1.65. The van der Waals surface area contributed by atoms with Crippen molar-refractivity contribution in [2.45, 2.75) is 0 Å². The Morgan fingerprint density at radius 2 is 1.00 bits per heavy atom. The van der Waals surface area contributed by atoms with Crippen LogP contribution in [0.25, 0.3) is 0 Å². The van der Waals surface area contributed by atoms with Crippen LogP contribution >= 0.6 is 9.47 Å². The maximum absolute atomic E-state index is 6.01. The summed E-state index contributed by atoms with van der Waals surface area (Å²) in [5, 5.41) is 40.9. The third kappa shape index (κ3) is 13.4. The van der Waals surface area contributed by atoms with Crippen LogP contribution in [-0.4, -0.2) is 0 Å². The van der Waals surface area contributed by atoms with Gasteiger partial charge in [-0.05, 0) is 25.2 Å². The molecule has 96 valence electrons. The smallest absolute Gasteiger partial charge is 0.0604 e. The third-order valence-corrected chi connectivity index (χ3v) is 0.463. The van der Waals surface area contributed by atoms with E-state index in [1.165, 1.54) is 0 Å². The van der Waals surface area contributed by atoms with Crippen LogP contribution in [0.5, 0.6) is 0 Å². The van der Waals surface area contributed by atoms with Crippen LogP contribution in [-0.2, 0) is 65.1 Å². The minimum atomic E-state index is 1.65. The van der Waals surface area contributed by atoms with E-state index in [1.807, 2.05) is 0 Å². The average Bonchev–Trinajstić information content (AvgIpc) is 2.31. The Hall–Kier alpha value is -0.650. The highest BCUT2D eigenvalue weighted by Crippen LogP contribution is 1.93. The number of nitrogens with one attached hydrogen (secondary N) is 1. The summed E-state index contributed by atoms with van der Waals surface area (Å²) in [4.78, 5) is 3.46. The lowest BCUT2D eigenvalue weighted by Crippen LogP contribution is -2.03. The second-order valence-electron chi connectivity index (χ2n) is 1.01. The van der Waals surface area contributed by atoms with Crippen molar-refractivity contribution in [3.8, 4) is 0 Å². The molecule has 0 heterocycles. The molecule has 0 aromatic carbocycles. The zero-order chi connectivity index (χ0) is 11.9. The predicted molar refractivity (Wildman–Crippen MR) is 29.0 cm³/mol. The Morgan fingerprint density at radius 1 is 0.625 bits per heavy atom. The van der Waals surface area contributed by atoms with E-state index in [2.05, 4.69) is 70.4 Å². The molecule has 0 rings (SSSR count). The Kier molecular flexibility index (Phi) is 13.8. The summed E-state index contributed by atoms with van der Waals surface area (Å²) in [6.07, 6.45) is 0. The zero-order valence-electron chi connectivity index (χ0n) is 6.83. The molecule has 0 amide bonds. The molecule has 1 atom stereocenters. The Balaban J connectivity index is 2.85. The van der Waals surface area contributed by atoms with Gasteiger partial charge < -0.3 is 0 Å². The van der Waals surface area contributed by atoms with Crippen LogP contribution in [0.3, 0.4) is 0 Å². The Labute approximate surface area is 86.6 Å². The van der Waals surface area contributed by atoms with Crippen molar-refractivity contribution >= 4 is 9.47 Å². The van der Waals surface area contributed by atoms with Crippen LogP contribution in [0, 0.1) is 5.53 Å². The fourth-order valence-corrected chi connectivity index (χ4v) is 0.178. The Bertz CT molecular complexity index is 140. The highest BCUT2D eigenvalue weighted by atomic mass is 31.0. The molecule has 0 aromatic rings. The van der Waals surface area contributed by atoms with Crippen molar-refractivity contribution in [3.05, 3.63) is 0 Å². The Morgan fingerprint density at radius 3 is 1.38 bits per heavy atom. The fourth-order valence-electron chi connectivity index (χ4n) is 0.146. The van der Waals surface area contributed by atoms with Crippen LogP contribution in [0.15, 0.2) is 5.28 Å². The van der Waals surface area contributed by atoms with Crippen LogP contribution in [0.2, 0.25) is 0 Å². The van der Waals surface area contributed by atoms with E-state index in [0.29, 0.717) is 0 Å². The van der Waals surface area contributed by atoms with E-state index in [9.17, 15) is 0 Å². The minimum absolute atomic E-state index is 1.65. The van der Waals surface area contributed by atoms with Crippen molar-refractivity contribution < 1.29 is 65.1 Å². The monoisotopic (exact) mass is 270 g/mol. The molecule has 0 aliphatic carbocycles. The number of nitrogens with zero attached hydrogens (tertiary/aromatic N) is 1. The summed E-state index contributed by atoms with van der Waals surface area (Å²) >= 11 is 0. The van der Waals surface area contributed by atoms with Crippen LogP contribution < -0.4 is 0 Å². The molecular formula is H3N2O13P. The van der Waals surface area contributed by atoms with Gasteiger partial charge in [-0.25, -0.2) is 0 Å². The van der Waals surface area contributed by atoms with Gasteiger partial charge in [0.05, 0.1) is 5.28 Å². The van der Waals surface area contributed by atoms with Gasteiger partial charge >= 0.3 is 0 Å². The minimum Gasteiger partial charge on any atom is -0.189 e. The molecule has 0 saturated carbocycles. The summed E-state index contributed by atoms with van der Waals surface area (Å²) < 4.78 is 3.79. The molecule has 0 fully saturated rings. The standard InChI is InChI=1S/H3N2O13P/c1-2-3-4-5-6-7-8-9-10-11-12-13-14-15-16/h1H,16H2. The van der Waals surface area contributed by atoms with E-state index in [0.717, 1.165) is 0 Å². The van der Waals surface area contributed by atoms with Gasteiger partial charge in [-0.3, -0.25) is 0 Å². The van der Waals surface area contributed by atoms with Gasteiger partial charge in [0.2, 0.25) is 0 Å². The van der Waals surface area contributed by atoms with Gasteiger partial charge in [-0.2, -0.15) is 15.2 Å². The van der Waals surface area contributed by atoms with Crippen LogP contribution in [0.4, 0.5) is 0 Å². The first-order valence-corrected chi connectivity index (χ1v) is 3.11. The van der Waals surface area contributed by atoms with Gasteiger partial charge in [0, 0.05) is 39.7 Å². The van der Waals surface area contributed by atoms with E-state index >= 15 is 0 Å². The molecule has 1 unspecified atom stereocenters. The van der Waals surface area contributed by atoms with Gasteiger partial charge in [-0.15, -0.1) is 0 Å². The number of hydrogen-bond acceptors (Lipinski definition) is 15. The summed E-state index contributed by atoms with van der Waals surface area (Å²) in [5.41, 5.74) is 6.01. The SMILES string of the molecule is N=NOOOOOOOOOOOOOP. The maximum atomic E-state index is 6.01. The van der Waals surface area contributed by atoms with Crippen molar-refractivity contribution in [1.29, 1.82) is 5.53 Å². The second-order valence-corrected chi connectivity index (χ2v) is 1.20. The van der Waals surface area contributed by atoms with E-state index in [1.54, 1.807) is 9.47 Å². The molecule has 0 aromatic heterocycles. The third-order valence-electron chi connectivity index (χ3n) is 0.385. The molecule has 16 heteroatoms. The van der Waals surface area contributed by atoms with E-state index in [-0.39, 0.29) is 0 Å². The highest BCUT2D eigenvalue weighted by molar-refractivity contribution is 7.09. The molecule has 0 bridgehead atoms. The topological polar surface area (TPSA) is 156 Å². The lowest BCUT2D eigenvalue weighted by molar-refractivity contribution is -0.868. The molecule has 1 N–H and O–H groups in total. The first-order chi connectivity index (χ1) is 7.91. The summed E-state index contributed by atoms with van der Waals surface area (Å²) in [6.45, 7) is 0. The summed E-state index contributed by atoms with van der Waals surface area (Å²) in [5.74, 6) is 0. The normalized spacial score (nSPS) is 10.3. The first kappa shape index (κ1) is 15.3. The largest absolute Gasteiger partial charge is 0.189 e. The van der Waals surface area contributed by atoms with Crippen molar-refractivity contribution in [2.24, 2.45) is 5.28 Å². The lowest BCUT2D eigenvalue weighted by Gasteiger charge is -1.97. The molecule has 15 nitrogen and oxygen atoms in total. The predicted octanol–water partition coefficient (Wildman–Crippen LogP) is -0.0817. The van der Waals surface area contributed by atoms with Gasteiger partial charge in [-0.1, -0.05) is 0 Å². The molecule has 0 aliphatic rings. The van der Waals surface area contributed by atoms with E-state index in [4.69, 9.17) is 5.53 Å². The molecule has 0 aliphatic heterocycles.